The van der Waals surface area contributed by atoms with E-state index in [1.807, 2.05) is 56.0 Å². The second kappa shape index (κ2) is 6.12. The lowest BCUT2D eigenvalue weighted by Crippen LogP contribution is -2.10. The molecule has 0 bridgehead atoms. The largest absolute Gasteiger partial charge is 0.363 e. The van der Waals surface area contributed by atoms with E-state index >= 15 is 0 Å². The number of pyridine rings is 1. The van der Waals surface area contributed by atoms with Gasteiger partial charge in [0.25, 0.3) is 0 Å². The first-order valence-corrected chi connectivity index (χ1v) is 9.38. The molecule has 0 N–H and O–H groups in total. The smallest absolute Gasteiger partial charge is 0.177 e. The molecule has 0 aromatic carbocycles. The molecule has 5 rings (SSSR count). The highest BCUT2D eigenvalue weighted by molar-refractivity contribution is 5.57. The van der Waals surface area contributed by atoms with Gasteiger partial charge in [-0.05, 0) is 49.1 Å². The first-order chi connectivity index (χ1) is 13.5. The zero-order valence-electron chi connectivity index (χ0n) is 16.4. The molecule has 28 heavy (non-hydrogen) atoms. The van der Waals surface area contributed by atoms with Crippen molar-refractivity contribution in [3.8, 4) is 11.4 Å². The molecule has 0 spiro atoms. The molecule has 0 aliphatic heterocycles. The Morgan fingerprint density at radius 2 is 1.89 bits per heavy atom. The molecule has 4 aromatic rings. The summed E-state index contributed by atoms with van der Waals surface area (Å²) >= 11 is 0. The highest BCUT2D eigenvalue weighted by atomic mass is 15.4. The van der Waals surface area contributed by atoms with E-state index in [0.29, 0.717) is 11.8 Å². The third-order valence-electron chi connectivity index (χ3n) is 5.41. The Morgan fingerprint density at radius 3 is 2.64 bits per heavy atom. The fourth-order valence-corrected chi connectivity index (χ4v) is 3.71. The number of rotatable bonds is 4. The van der Waals surface area contributed by atoms with Gasteiger partial charge in [0.15, 0.2) is 11.5 Å². The predicted octanol–water partition coefficient (Wildman–Crippen LogP) is 2.57. The van der Waals surface area contributed by atoms with E-state index in [9.17, 15) is 0 Å². The maximum Gasteiger partial charge on any atom is 0.177 e. The number of hydrogen-bond donors (Lipinski definition) is 0. The van der Waals surface area contributed by atoms with Crippen molar-refractivity contribution in [1.82, 2.24) is 34.6 Å². The van der Waals surface area contributed by atoms with Crippen LogP contribution in [0.25, 0.3) is 17.0 Å². The van der Waals surface area contributed by atoms with Crippen molar-refractivity contribution in [1.29, 1.82) is 0 Å². The third kappa shape index (κ3) is 2.72. The molecule has 4 aromatic heterocycles. The Hall–Kier alpha value is -3.29. The van der Waals surface area contributed by atoms with Crippen molar-refractivity contribution in [2.45, 2.75) is 25.2 Å². The minimum atomic E-state index is 0.437. The number of fused-ring (bicyclic) bond motifs is 1. The lowest BCUT2D eigenvalue weighted by Gasteiger charge is -2.11. The summed E-state index contributed by atoms with van der Waals surface area (Å²) in [7, 11) is 5.97. The van der Waals surface area contributed by atoms with E-state index in [2.05, 4.69) is 38.5 Å². The van der Waals surface area contributed by atoms with Gasteiger partial charge in [-0.3, -0.25) is 4.68 Å². The zero-order chi connectivity index (χ0) is 19.4. The second-order valence-electron chi connectivity index (χ2n) is 7.61. The predicted molar refractivity (Wildman–Crippen MR) is 106 cm³/mol. The summed E-state index contributed by atoms with van der Waals surface area (Å²) in [6, 6.07) is 10.3. The summed E-state index contributed by atoms with van der Waals surface area (Å²) < 4.78 is 3.67. The van der Waals surface area contributed by atoms with Crippen molar-refractivity contribution in [3.05, 3.63) is 53.6 Å². The number of anilines is 1. The Bertz CT molecular complexity index is 1150. The number of nitrogens with zero attached hydrogens (tertiary/aromatic N) is 8. The van der Waals surface area contributed by atoms with E-state index in [1.165, 1.54) is 5.56 Å². The van der Waals surface area contributed by atoms with Crippen molar-refractivity contribution in [2.75, 3.05) is 19.0 Å². The Kier molecular flexibility index (Phi) is 3.68. The summed E-state index contributed by atoms with van der Waals surface area (Å²) in [5.74, 6) is 2.68. The topological polar surface area (TPSA) is 77.0 Å². The van der Waals surface area contributed by atoms with Crippen molar-refractivity contribution in [3.63, 3.8) is 0 Å². The van der Waals surface area contributed by atoms with Crippen LogP contribution in [0.2, 0.25) is 0 Å². The van der Waals surface area contributed by atoms with Crippen LogP contribution in [0.1, 0.15) is 35.3 Å². The molecule has 1 aliphatic carbocycles. The molecule has 2 unspecified atom stereocenters. The molecule has 1 aliphatic rings. The van der Waals surface area contributed by atoms with Gasteiger partial charge in [0.05, 0.1) is 11.4 Å². The molecule has 0 radical (unpaired) electrons. The van der Waals surface area contributed by atoms with Crippen molar-refractivity contribution in [2.24, 2.45) is 7.05 Å². The zero-order valence-corrected chi connectivity index (χ0v) is 16.4. The van der Waals surface area contributed by atoms with Crippen LogP contribution in [0.3, 0.4) is 0 Å². The van der Waals surface area contributed by atoms with Crippen LogP contribution in [-0.2, 0) is 7.05 Å². The first kappa shape index (κ1) is 16.9. The summed E-state index contributed by atoms with van der Waals surface area (Å²) in [5, 5.41) is 17.6. The van der Waals surface area contributed by atoms with Crippen LogP contribution < -0.4 is 4.90 Å². The van der Waals surface area contributed by atoms with Crippen molar-refractivity contribution >= 4 is 11.5 Å². The molecule has 0 saturated heterocycles. The highest BCUT2D eigenvalue weighted by Crippen LogP contribution is 2.54. The number of aryl methyl sites for hydroxylation is 2. The van der Waals surface area contributed by atoms with Crippen LogP contribution in [0.5, 0.6) is 0 Å². The lowest BCUT2D eigenvalue weighted by molar-refractivity contribution is 0.741. The molecule has 1 saturated carbocycles. The number of aromatic nitrogens is 7. The SMILES string of the molecule is Cc1nnc2ccc(-c3cc(C4CC4c4ccc(N(C)C)nc4)nn3C)nn12. The van der Waals surface area contributed by atoms with Gasteiger partial charge >= 0.3 is 0 Å². The Morgan fingerprint density at radius 1 is 1.04 bits per heavy atom. The van der Waals surface area contributed by atoms with Crippen LogP contribution in [0, 0.1) is 6.92 Å². The normalized spacial score (nSPS) is 18.6. The van der Waals surface area contributed by atoms with Gasteiger partial charge < -0.3 is 4.90 Å². The van der Waals surface area contributed by atoms with Gasteiger partial charge in [0, 0.05) is 33.3 Å². The van der Waals surface area contributed by atoms with Gasteiger partial charge in [-0.1, -0.05) is 6.07 Å². The third-order valence-corrected chi connectivity index (χ3v) is 5.41. The minimum Gasteiger partial charge on any atom is -0.363 e. The summed E-state index contributed by atoms with van der Waals surface area (Å²) in [6.45, 7) is 1.90. The van der Waals surface area contributed by atoms with Gasteiger partial charge in [-0.25, -0.2) is 4.98 Å². The summed E-state index contributed by atoms with van der Waals surface area (Å²) in [5.41, 5.74) is 5.01. The molecule has 4 heterocycles. The van der Waals surface area contributed by atoms with Crippen LogP contribution in [-0.4, -0.2) is 48.7 Å². The average Bonchev–Trinajstić information content (AvgIpc) is 3.29. The fourth-order valence-electron chi connectivity index (χ4n) is 3.71. The first-order valence-electron chi connectivity index (χ1n) is 9.38. The van der Waals surface area contributed by atoms with E-state index in [0.717, 1.165) is 40.8 Å². The highest BCUT2D eigenvalue weighted by Gasteiger charge is 2.41. The monoisotopic (exact) mass is 374 g/mol. The Balaban J connectivity index is 1.41. The van der Waals surface area contributed by atoms with E-state index in [1.54, 1.807) is 4.52 Å². The van der Waals surface area contributed by atoms with Crippen LogP contribution >= 0.6 is 0 Å². The van der Waals surface area contributed by atoms with Gasteiger partial charge in [-0.2, -0.15) is 14.7 Å². The van der Waals surface area contributed by atoms with E-state index in [-0.39, 0.29) is 0 Å². The summed E-state index contributed by atoms with van der Waals surface area (Å²) in [6.07, 6.45) is 3.10. The number of hydrogen-bond acceptors (Lipinski definition) is 6. The molecule has 142 valence electrons. The molecule has 1 fully saturated rings. The van der Waals surface area contributed by atoms with Crippen LogP contribution in [0.4, 0.5) is 5.82 Å². The molecule has 0 amide bonds. The van der Waals surface area contributed by atoms with Gasteiger partial charge in [0.2, 0.25) is 0 Å². The van der Waals surface area contributed by atoms with Gasteiger partial charge in [-0.15, -0.1) is 10.2 Å². The average molecular weight is 374 g/mol. The standard InChI is InChI=1S/C20H22N8/c1-12-22-23-20-8-6-16(25-28(12)20)18-10-17(24-27(18)4)15-9-14(15)13-5-7-19(21-11-13)26(2)3/h5-8,10-11,14-15H,9H2,1-4H3. The molecular formula is C20H22N8. The maximum absolute atomic E-state index is 4.77. The quantitative estimate of drug-likeness (QED) is 0.546. The minimum absolute atomic E-state index is 0.437. The summed E-state index contributed by atoms with van der Waals surface area (Å²) in [4.78, 5) is 6.56. The molecular weight excluding hydrogens is 352 g/mol. The van der Waals surface area contributed by atoms with Crippen LogP contribution in [0.15, 0.2) is 36.5 Å². The fraction of sp³-hybridized carbons (Fsp3) is 0.350. The molecule has 2 atom stereocenters. The van der Waals surface area contributed by atoms with Gasteiger partial charge in [0.1, 0.15) is 11.5 Å². The molecule has 8 nitrogen and oxygen atoms in total. The Labute approximate surface area is 162 Å². The van der Waals surface area contributed by atoms with Crippen molar-refractivity contribution < 1.29 is 0 Å². The van der Waals surface area contributed by atoms with E-state index in [4.69, 9.17) is 5.10 Å². The second-order valence-corrected chi connectivity index (χ2v) is 7.61. The molecule has 8 heteroatoms. The maximum atomic E-state index is 4.77. The lowest BCUT2D eigenvalue weighted by atomic mass is 10.1. The van der Waals surface area contributed by atoms with E-state index < -0.39 is 0 Å².